The highest BCUT2D eigenvalue weighted by Crippen LogP contribution is 1.94. The van der Waals surface area contributed by atoms with Gasteiger partial charge < -0.3 is 4.57 Å². The Labute approximate surface area is 47.0 Å². The van der Waals surface area contributed by atoms with Gasteiger partial charge >= 0.3 is 0 Å². The fourth-order valence-corrected chi connectivity index (χ4v) is 0.536. The number of halogens is 1. The van der Waals surface area contributed by atoms with Crippen molar-refractivity contribution in [2.24, 2.45) is 7.05 Å². The maximum absolute atomic E-state index is 11.7. The Kier molecular flexibility index (Phi) is 1.28. The second-order valence-electron chi connectivity index (χ2n) is 1.66. The lowest BCUT2D eigenvalue weighted by molar-refractivity contribution is 0.477. The molecule has 0 amide bonds. The van der Waals surface area contributed by atoms with E-state index in [0.717, 1.165) is 0 Å². The molecule has 0 aliphatic carbocycles. The van der Waals surface area contributed by atoms with E-state index in [1.54, 1.807) is 17.1 Å². The van der Waals surface area contributed by atoms with Gasteiger partial charge in [-0.3, -0.25) is 0 Å². The molecule has 0 fully saturated rings. The summed E-state index contributed by atoms with van der Waals surface area (Å²) in [5, 5.41) is 0. The molecular weight excluding hydrogens is 107 g/mol. The van der Waals surface area contributed by atoms with Gasteiger partial charge in [0, 0.05) is 13.2 Å². The Morgan fingerprint density at radius 3 is 2.88 bits per heavy atom. The van der Waals surface area contributed by atoms with E-state index >= 15 is 0 Å². The predicted octanol–water partition coefficient (Wildman–Crippen LogP) is 0.890. The van der Waals surface area contributed by atoms with Crippen molar-refractivity contribution >= 4 is 0 Å². The summed E-state index contributed by atoms with van der Waals surface area (Å²) >= 11 is 0. The standard InChI is InChI=1S/C5H7FN2/c1-8-3-5(2-6)7-4-8/h3-4H,2H2,1H3. The van der Waals surface area contributed by atoms with Crippen molar-refractivity contribution in [2.45, 2.75) is 6.67 Å². The maximum Gasteiger partial charge on any atom is 0.133 e. The zero-order valence-corrected chi connectivity index (χ0v) is 4.63. The first-order valence-corrected chi connectivity index (χ1v) is 2.35. The average molecular weight is 114 g/mol. The second kappa shape index (κ2) is 1.94. The first-order valence-electron chi connectivity index (χ1n) is 2.35. The van der Waals surface area contributed by atoms with Crippen LogP contribution in [0.3, 0.4) is 0 Å². The molecule has 0 radical (unpaired) electrons. The van der Waals surface area contributed by atoms with Crippen LogP contribution in [0.25, 0.3) is 0 Å². The Bertz CT molecular complexity index is 171. The molecule has 0 atom stereocenters. The number of nitrogens with zero attached hydrogens (tertiary/aromatic N) is 2. The zero-order valence-electron chi connectivity index (χ0n) is 4.63. The minimum Gasteiger partial charge on any atom is -0.340 e. The predicted molar refractivity (Wildman–Crippen MR) is 28.0 cm³/mol. The fraction of sp³-hybridized carbons (Fsp3) is 0.400. The molecule has 3 heteroatoms. The van der Waals surface area contributed by atoms with E-state index in [9.17, 15) is 4.39 Å². The summed E-state index contributed by atoms with van der Waals surface area (Å²) in [5.41, 5.74) is 0.493. The van der Waals surface area contributed by atoms with Crippen LogP contribution < -0.4 is 0 Å². The number of rotatable bonds is 1. The summed E-state index contributed by atoms with van der Waals surface area (Å²) in [6, 6.07) is 0. The van der Waals surface area contributed by atoms with Gasteiger partial charge in [0.1, 0.15) is 6.67 Å². The number of hydrogen-bond donors (Lipinski definition) is 0. The highest BCUT2D eigenvalue weighted by atomic mass is 19.1. The first kappa shape index (κ1) is 5.28. The van der Waals surface area contributed by atoms with Crippen molar-refractivity contribution < 1.29 is 4.39 Å². The van der Waals surface area contributed by atoms with Crippen LogP contribution in [0.15, 0.2) is 12.5 Å². The molecule has 8 heavy (non-hydrogen) atoms. The lowest BCUT2D eigenvalue weighted by Gasteiger charge is -1.80. The normalized spacial score (nSPS) is 9.75. The van der Waals surface area contributed by atoms with Gasteiger partial charge in [0.2, 0.25) is 0 Å². The molecule has 0 saturated heterocycles. The van der Waals surface area contributed by atoms with E-state index in [0.29, 0.717) is 5.69 Å². The number of imidazole rings is 1. The molecule has 1 rings (SSSR count). The largest absolute Gasteiger partial charge is 0.340 e. The van der Waals surface area contributed by atoms with Crippen molar-refractivity contribution in [3.8, 4) is 0 Å². The van der Waals surface area contributed by atoms with Gasteiger partial charge in [-0.1, -0.05) is 0 Å². The third-order valence-corrected chi connectivity index (χ3v) is 0.895. The summed E-state index contributed by atoms with van der Waals surface area (Å²) in [4.78, 5) is 3.72. The Morgan fingerprint density at radius 2 is 2.62 bits per heavy atom. The SMILES string of the molecule is Cn1cnc(CF)c1. The summed E-state index contributed by atoms with van der Waals surface area (Å²) in [6.07, 6.45) is 3.23. The molecule has 0 aliphatic rings. The van der Waals surface area contributed by atoms with Crippen molar-refractivity contribution in [2.75, 3.05) is 0 Å². The van der Waals surface area contributed by atoms with Gasteiger partial charge in [-0.25, -0.2) is 9.37 Å². The van der Waals surface area contributed by atoms with E-state index in [1.807, 2.05) is 7.05 Å². The summed E-state index contributed by atoms with van der Waals surface area (Å²) < 4.78 is 13.4. The molecule has 0 bridgehead atoms. The molecule has 1 heterocycles. The molecule has 44 valence electrons. The molecule has 0 aromatic carbocycles. The van der Waals surface area contributed by atoms with E-state index in [-0.39, 0.29) is 0 Å². The van der Waals surface area contributed by atoms with Gasteiger partial charge in [0.05, 0.1) is 12.0 Å². The van der Waals surface area contributed by atoms with Crippen molar-refractivity contribution in [1.82, 2.24) is 9.55 Å². The molecular formula is C5H7FN2. The van der Waals surface area contributed by atoms with Crippen LogP contribution in [-0.4, -0.2) is 9.55 Å². The monoisotopic (exact) mass is 114 g/mol. The Morgan fingerprint density at radius 1 is 1.88 bits per heavy atom. The fourth-order valence-electron chi connectivity index (χ4n) is 0.536. The Hall–Kier alpha value is -0.860. The lowest BCUT2D eigenvalue weighted by Crippen LogP contribution is -1.78. The third kappa shape index (κ3) is 0.857. The molecule has 1 aromatic rings. The minimum absolute atomic E-state index is 0.471. The van der Waals surface area contributed by atoms with Crippen LogP contribution in [0, 0.1) is 0 Å². The van der Waals surface area contributed by atoms with Crippen LogP contribution in [0.2, 0.25) is 0 Å². The molecule has 0 N–H and O–H groups in total. The summed E-state index contributed by atoms with van der Waals surface area (Å²) in [7, 11) is 1.81. The van der Waals surface area contributed by atoms with Crippen molar-refractivity contribution in [3.63, 3.8) is 0 Å². The Balaban J connectivity index is 2.84. The molecule has 0 aliphatic heterocycles. The maximum atomic E-state index is 11.7. The van der Waals surface area contributed by atoms with Gasteiger partial charge in [0.25, 0.3) is 0 Å². The smallest absolute Gasteiger partial charge is 0.133 e. The summed E-state index contributed by atoms with van der Waals surface area (Å²) in [5.74, 6) is 0. The first-order chi connectivity index (χ1) is 3.83. The van der Waals surface area contributed by atoms with Gasteiger partial charge in [0.15, 0.2) is 0 Å². The van der Waals surface area contributed by atoms with E-state index < -0.39 is 6.67 Å². The van der Waals surface area contributed by atoms with Crippen LogP contribution in [0.4, 0.5) is 4.39 Å². The van der Waals surface area contributed by atoms with Gasteiger partial charge in [-0.15, -0.1) is 0 Å². The molecule has 0 saturated carbocycles. The molecule has 1 aromatic heterocycles. The summed E-state index contributed by atoms with van der Waals surface area (Å²) in [6.45, 7) is -0.471. The third-order valence-electron chi connectivity index (χ3n) is 0.895. The number of aryl methyl sites for hydroxylation is 1. The van der Waals surface area contributed by atoms with Crippen LogP contribution in [-0.2, 0) is 13.7 Å². The van der Waals surface area contributed by atoms with Crippen LogP contribution >= 0.6 is 0 Å². The van der Waals surface area contributed by atoms with Gasteiger partial charge in [-0.05, 0) is 0 Å². The molecule has 0 spiro atoms. The van der Waals surface area contributed by atoms with Gasteiger partial charge in [-0.2, -0.15) is 0 Å². The second-order valence-corrected chi connectivity index (χ2v) is 1.66. The zero-order chi connectivity index (χ0) is 5.98. The van der Waals surface area contributed by atoms with Crippen molar-refractivity contribution in [3.05, 3.63) is 18.2 Å². The number of aromatic nitrogens is 2. The van der Waals surface area contributed by atoms with E-state index in [4.69, 9.17) is 0 Å². The molecule has 2 nitrogen and oxygen atoms in total. The highest BCUT2D eigenvalue weighted by Gasteiger charge is 1.90. The van der Waals surface area contributed by atoms with E-state index in [2.05, 4.69) is 4.98 Å². The highest BCUT2D eigenvalue weighted by molar-refractivity contribution is 4.92. The van der Waals surface area contributed by atoms with Crippen LogP contribution in [0.5, 0.6) is 0 Å². The number of hydrogen-bond acceptors (Lipinski definition) is 1. The van der Waals surface area contributed by atoms with Crippen molar-refractivity contribution in [1.29, 1.82) is 0 Å². The average Bonchev–Trinajstić information content (AvgIpc) is 2.14. The molecule has 0 unspecified atom stereocenters. The topological polar surface area (TPSA) is 17.8 Å². The number of alkyl halides is 1. The van der Waals surface area contributed by atoms with E-state index in [1.165, 1.54) is 0 Å². The van der Waals surface area contributed by atoms with Crippen LogP contribution in [0.1, 0.15) is 5.69 Å². The lowest BCUT2D eigenvalue weighted by atomic mass is 10.5. The minimum atomic E-state index is -0.471. The quantitative estimate of drug-likeness (QED) is 0.530.